The van der Waals surface area contributed by atoms with Gasteiger partial charge in [0.05, 0.1) is 19.3 Å². The number of methoxy groups -OCH3 is 1. The molecule has 0 saturated carbocycles. The summed E-state index contributed by atoms with van der Waals surface area (Å²) in [7, 11) is 1.56. The number of aromatic nitrogens is 1. The van der Waals surface area contributed by atoms with Crippen LogP contribution >= 0.6 is 24.0 Å². The van der Waals surface area contributed by atoms with Crippen LogP contribution in [0.25, 0.3) is 0 Å². The second kappa shape index (κ2) is 10.9. The number of ether oxygens (including phenoxy) is 1. The van der Waals surface area contributed by atoms with E-state index >= 15 is 0 Å². The summed E-state index contributed by atoms with van der Waals surface area (Å²) in [5.74, 6) is 1.22. The van der Waals surface area contributed by atoms with Gasteiger partial charge in [-0.1, -0.05) is 6.07 Å². The molecule has 1 aromatic heterocycles. The number of aliphatic imine (C=N–C) groups is 1. The van der Waals surface area contributed by atoms with Crippen LogP contribution in [0, 0.1) is 0 Å². The number of hydrogen-bond donors (Lipinski definition) is 1. The van der Waals surface area contributed by atoms with Gasteiger partial charge in [0.2, 0.25) is 5.88 Å². The Kier molecular flexibility index (Phi) is 9.57. The topological polar surface area (TPSA) is 53.0 Å². The Labute approximate surface area is 175 Å². The van der Waals surface area contributed by atoms with Crippen LogP contribution in [0.2, 0.25) is 0 Å². The van der Waals surface area contributed by atoms with Crippen molar-refractivity contribution in [1.82, 2.24) is 20.1 Å². The molecule has 0 amide bonds. The Hall–Kier alpha value is -1.30. The highest BCUT2D eigenvalue weighted by molar-refractivity contribution is 14.0. The zero-order chi connectivity index (χ0) is 19.2. The molecule has 1 aliphatic rings. The van der Waals surface area contributed by atoms with Gasteiger partial charge in [0.1, 0.15) is 6.04 Å². The Morgan fingerprint density at radius 2 is 1.96 bits per heavy atom. The number of piperazine rings is 1. The van der Waals surface area contributed by atoms with Gasteiger partial charge in [-0.25, -0.2) is 9.98 Å². The summed E-state index contributed by atoms with van der Waals surface area (Å²) in [5, 5.41) is 3.20. The zero-order valence-corrected chi connectivity index (χ0v) is 18.1. The van der Waals surface area contributed by atoms with Crippen LogP contribution in [0.5, 0.6) is 5.88 Å². The van der Waals surface area contributed by atoms with Crippen molar-refractivity contribution in [3.63, 3.8) is 0 Å². The molecule has 0 radical (unpaired) electrons. The van der Waals surface area contributed by atoms with E-state index in [1.165, 1.54) is 11.8 Å². The first-order valence-electron chi connectivity index (χ1n) is 8.69. The van der Waals surface area contributed by atoms with Crippen molar-refractivity contribution in [3.8, 4) is 5.88 Å². The third kappa shape index (κ3) is 6.98. The molecule has 1 atom stereocenters. The number of guanidine groups is 1. The maximum atomic E-state index is 12.9. The van der Waals surface area contributed by atoms with E-state index in [1.807, 2.05) is 24.0 Å². The van der Waals surface area contributed by atoms with E-state index in [4.69, 9.17) is 4.74 Å². The van der Waals surface area contributed by atoms with Crippen LogP contribution in [0.4, 0.5) is 13.2 Å². The summed E-state index contributed by atoms with van der Waals surface area (Å²) in [6.45, 7) is 5.92. The Morgan fingerprint density at radius 3 is 2.52 bits per heavy atom. The fraction of sp³-hybridized carbons (Fsp3) is 0.647. The van der Waals surface area contributed by atoms with Crippen molar-refractivity contribution in [3.05, 3.63) is 23.9 Å². The fourth-order valence-electron chi connectivity index (χ4n) is 2.77. The molecule has 27 heavy (non-hydrogen) atoms. The van der Waals surface area contributed by atoms with Crippen molar-refractivity contribution in [1.29, 1.82) is 0 Å². The van der Waals surface area contributed by atoms with Gasteiger partial charge in [0, 0.05) is 38.8 Å². The second-order valence-electron chi connectivity index (χ2n) is 6.08. The lowest BCUT2D eigenvalue weighted by molar-refractivity contribution is -0.181. The molecule has 0 aromatic carbocycles. The van der Waals surface area contributed by atoms with E-state index in [-0.39, 0.29) is 24.0 Å². The second-order valence-corrected chi connectivity index (χ2v) is 6.08. The maximum absolute atomic E-state index is 12.9. The summed E-state index contributed by atoms with van der Waals surface area (Å²) in [5.41, 5.74) is 0.768. The number of halogens is 4. The zero-order valence-electron chi connectivity index (χ0n) is 15.8. The van der Waals surface area contributed by atoms with Crippen molar-refractivity contribution < 1.29 is 17.9 Å². The Morgan fingerprint density at radius 1 is 1.30 bits per heavy atom. The van der Waals surface area contributed by atoms with Gasteiger partial charge in [-0.15, -0.1) is 24.0 Å². The van der Waals surface area contributed by atoms with Crippen LogP contribution < -0.4 is 10.1 Å². The highest BCUT2D eigenvalue weighted by Crippen LogP contribution is 2.25. The quantitative estimate of drug-likeness (QED) is 0.382. The van der Waals surface area contributed by atoms with Crippen molar-refractivity contribution in [2.75, 3.05) is 39.8 Å². The van der Waals surface area contributed by atoms with Gasteiger partial charge in [0.15, 0.2) is 5.96 Å². The number of rotatable bonds is 5. The Balaban J connectivity index is 0.00000364. The summed E-state index contributed by atoms with van der Waals surface area (Å²) in [4.78, 5) is 12.3. The molecule has 0 spiro atoms. The van der Waals surface area contributed by atoms with Gasteiger partial charge < -0.3 is 15.0 Å². The lowest BCUT2D eigenvalue weighted by Gasteiger charge is -2.39. The van der Waals surface area contributed by atoms with Gasteiger partial charge in [-0.2, -0.15) is 13.2 Å². The minimum atomic E-state index is -4.20. The normalized spacial score (nSPS) is 17.3. The number of nitrogens with zero attached hydrogens (tertiary/aromatic N) is 4. The van der Waals surface area contributed by atoms with Gasteiger partial charge in [-0.3, -0.25) is 4.90 Å². The number of nitrogens with one attached hydrogen (secondary N) is 1. The highest BCUT2D eigenvalue weighted by atomic mass is 127. The van der Waals surface area contributed by atoms with E-state index < -0.39 is 12.2 Å². The van der Waals surface area contributed by atoms with Gasteiger partial charge in [0.25, 0.3) is 0 Å². The molecule has 2 rings (SSSR count). The van der Waals surface area contributed by atoms with E-state index in [0.717, 1.165) is 5.69 Å². The minimum absolute atomic E-state index is 0. The molecule has 1 fully saturated rings. The van der Waals surface area contributed by atoms with Crippen LogP contribution in [0.1, 0.15) is 19.5 Å². The lowest BCUT2D eigenvalue weighted by atomic mass is 10.2. The van der Waals surface area contributed by atoms with Crippen molar-refractivity contribution in [2.45, 2.75) is 32.6 Å². The molecule has 1 aromatic rings. The summed E-state index contributed by atoms with van der Waals surface area (Å²) >= 11 is 0. The third-order valence-electron chi connectivity index (χ3n) is 4.35. The fourth-order valence-corrected chi connectivity index (χ4v) is 2.77. The predicted octanol–water partition coefficient (Wildman–Crippen LogP) is 2.74. The summed E-state index contributed by atoms with van der Waals surface area (Å²) in [6.07, 6.45) is -4.20. The minimum Gasteiger partial charge on any atom is -0.481 e. The van der Waals surface area contributed by atoms with Gasteiger partial charge >= 0.3 is 6.18 Å². The molecule has 154 valence electrons. The van der Waals surface area contributed by atoms with Crippen molar-refractivity contribution in [2.24, 2.45) is 4.99 Å². The first-order chi connectivity index (χ1) is 12.3. The third-order valence-corrected chi connectivity index (χ3v) is 4.35. The predicted molar refractivity (Wildman–Crippen MR) is 110 cm³/mol. The maximum Gasteiger partial charge on any atom is 0.403 e. The monoisotopic (exact) mass is 501 g/mol. The molecule has 6 nitrogen and oxygen atoms in total. The van der Waals surface area contributed by atoms with E-state index in [9.17, 15) is 13.2 Å². The van der Waals surface area contributed by atoms with Gasteiger partial charge in [-0.05, 0) is 19.9 Å². The molecule has 2 heterocycles. The molecule has 0 aliphatic carbocycles. The Bertz CT molecular complexity index is 606. The average molecular weight is 501 g/mol. The van der Waals surface area contributed by atoms with E-state index in [0.29, 0.717) is 51.1 Å². The van der Waals surface area contributed by atoms with Crippen LogP contribution in [-0.2, 0) is 6.54 Å². The average Bonchev–Trinajstić information content (AvgIpc) is 2.64. The molecular formula is C17H27F3IN5O. The lowest BCUT2D eigenvalue weighted by Crippen LogP contribution is -2.56. The number of pyridine rings is 1. The summed E-state index contributed by atoms with van der Waals surface area (Å²) in [6, 6.07) is 4.05. The van der Waals surface area contributed by atoms with Crippen LogP contribution in [0.3, 0.4) is 0 Å². The van der Waals surface area contributed by atoms with Crippen LogP contribution in [-0.4, -0.2) is 72.8 Å². The number of hydrogen-bond acceptors (Lipinski definition) is 4. The molecular weight excluding hydrogens is 474 g/mol. The SMILES string of the molecule is CCNC(=NCc1cccc(OC)n1)N1CCN(C(C)C(F)(F)F)CC1.I. The highest BCUT2D eigenvalue weighted by Gasteiger charge is 2.41. The first kappa shape index (κ1) is 23.7. The standard InChI is InChI=1S/C17H26F3N5O.HI/c1-4-21-16(22-12-14-6-5-7-15(23-14)26-3)25-10-8-24(9-11-25)13(2)17(18,19)20;/h5-7,13H,4,8-12H2,1-3H3,(H,21,22);1H. The molecule has 0 bridgehead atoms. The van der Waals surface area contributed by atoms with E-state index in [2.05, 4.69) is 15.3 Å². The molecule has 1 N–H and O–H groups in total. The largest absolute Gasteiger partial charge is 0.481 e. The van der Waals surface area contributed by atoms with E-state index in [1.54, 1.807) is 13.2 Å². The molecule has 1 unspecified atom stereocenters. The smallest absolute Gasteiger partial charge is 0.403 e. The molecule has 1 aliphatic heterocycles. The van der Waals surface area contributed by atoms with Crippen molar-refractivity contribution >= 4 is 29.9 Å². The van der Waals surface area contributed by atoms with Crippen LogP contribution in [0.15, 0.2) is 23.2 Å². The molecule has 10 heteroatoms. The molecule has 1 saturated heterocycles. The first-order valence-corrected chi connectivity index (χ1v) is 8.69. The number of alkyl halides is 3. The summed E-state index contributed by atoms with van der Waals surface area (Å²) < 4.78 is 43.7.